The molecular formula is C16H17ClN2O. The molecule has 0 bridgehead atoms. The molecule has 2 aromatic rings. The van der Waals surface area contributed by atoms with Gasteiger partial charge >= 0.3 is 0 Å². The monoisotopic (exact) mass is 288 g/mol. The van der Waals surface area contributed by atoms with Crippen LogP contribution in [0.3, 0.4) is 0 Å². The highest BCUT2D eigenvalue weighted by Crippen LogP contribution is 2.15. The Morgan fingerprint density at radius 2 is 1.80 bits per heavy atom. The van der Waals surface area contributed by atoms with Crippen molar-refractivity contribution < 1.29 is 4.79 Å². The summed E-state index contributed by atoms with van der Waals surface area (Å²) in [7, 11) is 0. The van der Waals surface area contributed by atoms with E-state index in [9.17, 15) is 4.79 Å². The topological polar surface area (TPSA) is 41.1 Å². The molecule has 0 radical (unpaired) electrons. The van der Waals surface area contributed by atoms with E-state index in [2.05, 4.69) is 10.6 Å². The first kappa shape index (κ1) is 14.4. The van der Waals surface area contributed by atoms with Crippen LogP contribution in [0.5, 0.6) is 0 Å². The standard InChI is InChI=1S/C16H17ClN2O/c1-11-4-3-5-15(10-11)18-12(2)16(20)19-14-8-6-13(17)7-9-14/h3-10,12,18H,1-2H3,(H,19,20)/t12-/m1/s1. The third-order valence-corrected chi connectivity index (χ3v) is 3.16. The van der Waals surface area contributed by atoms with Crippen LogP contribution in [0.25, 0.3) is 0 Å². The van der Waals surface area contributed by atoms with Crippen LogP contribution in [0.1, 0.15) is 12.5 Å². The molecule has 20 heavy (non-hydrogen) atoms. The fourth-order valence-electron chi connectivity index (χ4n) is 1.83. The fraction of sp³-hybridized carbons (Fsp3) is 0.188. The summed E-state index contributed by atoms with van der Waals surface area (Å²) in [6.45, 7) is 3.84. The van der Waals surface area contributed by atoms with E-state index in [1.54, 1.807) is 24.3 Å². The van der Waals surface area contributed by atoms with E-state index in [0.29, 0.717) is 5.02 Å². The van der Waals surface area contributed by atoms with E-state index in [-0.39, 0.29) is 11.9 Å². The van der Waals surface area contributed by atoms with Crippen molar-refractivity contribution in [2.75, 3.05) is 10.6 Å². The van der Waals surface area contributed by atoms with Crippen LogP contribution < -0.4 is 10.6 Å². The second kappa shape index (κ2) is 6.44. The zero-order valence-electron chi connectivity index (χ0n) is 11.5. The van der Waals surface area contributed by atoms with Gasteiger partial charge in [0, 0.05) is 16.4 Å². The molecule has 0 aliphatic heterocycles. The highest BCUT2D eigenvalue weighted by Gasteiger charge is 2.12. The van der Waals surface area contributed by atoms with Crippen LogP contribution in [0, 0.1) is 6.92 Å². The minimum Gasteiger partial charge on any atom is -0.374 e. The Labute approximate surface area is 124 Å². The number of amides is 1. The number of carbonyl (C=O) groups is 1. The maximum absolute atomic E-state index is 12.1. The molecule has 2 aromatic carbocycles. The quantitative estimate of drug-likeness (QED) is 0.890. The molecule has 0 aromatic heterocycles. The summed E-state index contributed by atoms with van der Waals surface area (Å²) in [4.78, 5) is 12.1. The lowest BCUT2D eigenvalue weighted by Gasteiger charge is -2.15. The van der Waals surface area contributed by atoms with Gasteiger partial charge in [-0.15, -0.1) is 0 Å². The molecule has 1 atom stereocenters. The molecule has 0 aliphatic carbocycles. The summed E-state index contributed by atoms with van der Waals surface area (Å²) in [5.74, 6) is -0.0890. The summed E-state index contributed by atoms with van der Waals surface area (Å²) < 4.78 is 0. The molecule has 0 fully saturated rings. The second-order valence-electron chi connectivity index (χ2n) is 4.73. The minimum atomic E-state index is -0.326. The van der Waals surface area contributed by atoms with Gasteiger partial charge in [-0.05, 0) is 55.8 Å². The summed E-state index contributed by atoms with van der Waals surface area (Å²) >= 11 is 5.81. The van der Waals surface area contributed by atoms with E-state index in [4.69, 9.17) is 11.6 Å². The van der Waals surface area contributed by atoms with Crippen molar-refractivity contribution >= 4 is 28.9 Å². The van der Waals surface area contributed by atoms with Gasteiger partial charge in [0.05, 0.1) is 0 Å². The van der Waals surface area contributed by atoms with Crippen molar-refractivity contribution in [3.05, 3.63) is 59.1 Å². The molecule has 0 heterocycles. The number of rotatable bonds is 4. The molecule has 2 N–H and O–H groups in total. The molecule has 104 valence electrons. The molecular weight excluding hydrogens is 272 g/mol. The maximum atomic E-state index is 12.1. The van der Waals surface area contributed by atoms with Crippen LogP contribution >= 0.6 is 11.6 Å². The van der Waals surface area contributed by atoms with Crippen LogP contribution in [0.15, 0.2) is 48.5 Å². The van der Waals surface area contributed by atoms with Crippen molar-refractivity contribution in [1.82, 2.24) is 0 Å². The van der Waals surface area contributed by atoms with Crippen molar-refractivity contribution in [2.24, 2.45) is 0 Å². The second-order valence-corrected chi connectivity index (χ2v) is 5.17. The molecule has 0 saturated heterocycles. The van der Waals surface area contributed by atoms with Gasteiger partial charge in [-0.3, -0.25) is 4.79 Å². The Kier molecular flexibility index (Phi) is 4.64. The maximum Gasteiger partial charge on any atom is 0.246 e. The fourth-order valence-corrected chi connectivity index (χ4v) is 1.96. The van der Waals surface area contributed by atoms with Gasteiger partial charge in [0.1, 0.15) is 6.04 Å². The van der Waals surface area contributed by atoms with Crippen LogP contribution in [-0.4, -0.2) is 11.9 Å². The first-order valence-electron chi connectivity index (χ1n) is 6.44. The first-order chi connectivity index (χ1) is 9.54. The Bertz CT molecular complexity index is 596. The summed E-state index contributed by atoms with van der Waals surface area (Å²) in [5, 5.41) is 6.67. The third kappa shape index (κ3) is 4.00. The van der Waals surface area contributed by atoms with Crippen molar-refractivity contribution in [3.63, 3.8) is 0 Å². The molecule has 0 unspecified atom stereocenters. The zero-order chi connectivity index (χ0) is 14.5. The molecule has 0 saturated carbocycles. The van der Waals surface area contributed by atoms with Crippen LogP contribution in [0.4, 0.5) is 11.4 Å². The molecule has 2 rings (SSSR count). The Morgan fingerprint density at radius 1 is 1.10 bits per heavy atom. The SMILES string of the molecule is Cc1cccc(N[C@H](C)C(=O)Nc2ccc(Cl)cc2)c1. The van der Waals surface area contributed by atoms with E-state index < -0.39 is 0 Å². The van der Waals surface area contributed by atoms with Gasteiger partial charge in [0.25, 0.3) is 0 Å². The highest BCUT2D eigenvalue weighted by atomic mass is 35.5. The molecule has 1 amide bonds. The predicted octanol–water partition coefficient (Wildman–Crippen LogP) is 4.09. The van der Waals surface area contributed by atoms with Crippen LogP contribution in [-0.2, 0) is 4.79 Å². The van der Waals surface area contributed by atoms with Crippen molar-refractivity contribution in [1.29, 1.82) is 0 Å². The lowest BCUT2D eigenvalue weighted by molar-refractivity contribution is -0.116. The molecule has 0 spiro atoms. The smallest absolute Gasteiger partial charge is 0.246 e. The number of benzene rings is 2. The molecule has 0 aliphatic rings. The number of hydrogen-bond donors (Lipinski definition) is 2. The average Bonchev–Trinajstić information content (AvgIpc) is 2.41. The van der Waals surface area contributed by atoms with Gasteiger partial charge in [-0.1, -0.05) is 23.7 Å². The molecule has 4 heteroatoms. The van der Waals surface area contributed by atoms with Gasteiger partial charge in [-0.2, -0.15) is 0 Å². The van der Waals surface area contributed by atoms with E-state index in [0.717, 1.165) is 16.9 Å². The number of nitrogens with one attached hydrogen (secondary N) is 2. The van der Waals surface area contributed by atoms with Crippen LogP contribution in [0.2, 0.25) is 5.02 Å². The average molecular weight is 289 g/mol. The lowest BCUT2D eigenvalue weighted by Crippen LogP contribution is -2.31. The first-order valence-corrected chi connectivity index (χ1v) is 6.82. The molecule has 3 nitrogen and oxygen atoms in total. The van der Waals surface area contributed by atoms with Crippen molar-refractivity contribution in [3.8, 4) is 0 Å². The van der Waals surface area contributed by atoms with Crippen molar-refractivity contribution in [2.45, 2.75) is 19.9 Å². The Morgan fingerprint density at radius 3 is 2.45 bits per heavy atom. The lowest BCUT2D eigenvalue weighted by atomic mass is 10.2. The largest absolute Gasteiger partial charge is 0.374 e. The van der Waals surface area contributed by atoms with Gasteiger partial charge in [0.2, 0.25) is 5.91 Å². The summed E-state index contributed by atoms with van der Waals surface area (Å²) in [6, 6.07) is 14.6. The van der Waals surface area contributed by atoms with E-state index in [1.165, 1.54) is 0 Å². The van der Waals surface area contributed by atoms with Gasteiger partial charge in [0.15, 0.2) is 0 Å². The van der Waals surface area contributed by atoms with E-state index in [1.807, 2.05) is 38.1 Å². The minimum absolute atomic E-state index is 0.0890. The van der Waals surface area contributed by atoms with E-state index >= 15 is 0 Å². The predicted molar refractivity (Wildman–Crippen MR) is 84.3 cm³/mol. The zero-order valence-corrected chi connectivity index (χ0v) is 12.2. The number of anilines is 2. The van der Waals surface area contributed by atoms with Gasteiger partial charge < -0.3 is 10.6 Å². The number of hydrogen-bond acceptors (Lipinski definition) is 2. The highest BCUT2D eigenvalue weighted by molar-refractivity contribution is 6.30. The Balaban J connectivity index is 1.96. The normalized spacial score (nSPS) is 11.8. The van der Waals surface area contributed by atoms with Gasteiger partial charge in [-0.25, -0.2) is 0 Å². The number of carbonyl (C=O) groups excluding carboxylic acids is 1. The Hall–Kier alpha value is -2.00. The summed E-state index contributed by atoms with van der Waals surface area (Å²) in [6.07, 6.45) is 0. The number of aryl methyl sites for hydroxylation is 1. The summed E-state index contributed by atoms with van der Waals surface area (Å²) in [5.41, 5.74) is 2.82. The number of halogens is 1. The third-order valence-electron chi connectivity index (χ3n) is 2.91.